The van der Waals surface area contributed by atoms with E-state index in [-0.39, 0.29) is 18.0 Å². The molecule has 5 nitrogen and oxygen atoms in total. The number of nitrogens with two attached hydrogens (primary N) is 1. The van der Waals surface area contributed by atoms with E-state index in [4.69, 9.17) is 17.3 Å². The van der Waals surface area contributed by atoms with Crippen LogP contribution in [0.5, 0.6) is 0 Å². The van der Waals surface area contributed by atoms with Crippen LogP contribution in [-0.2, 0) is 4.79 Å². The van der Waals surface area contributed by atoms with Crippen molar-refractivity contribution < 1.29 is 9.59 Å². The Hall–Kier alpha value is -1.75. The van der Waals surface area contributed by atoms with Gasteiger partial charge in [0.1, 0.15) is 0 Å². The highest BCUT2D eigenvalue weighted by Crippen LogP contribution is 2.17. The van der Waals surface area contributed by atoms with Gasteiger partial charge in [-0.15, -0.1) is 0 Å². The monoisotopic (exact) mass is 283 g/mol. The molecule has 0 aliphatic carbocycles. The summed E-state index contributed by atoms with van der Waals surface area (Å²) in [6.45, 7) is 4.96. The lowest BCUT2D eigenvalue weighted by atomic mass is 10.1. The van der Waals surface area contributed by atoms with Gasteiger partial charge in [0.2, 0.25) is 5.91 Å². The molecule has 0 bridgehead atoms. The minimum atomic E-state index is -0.402. The largest absolute Gasteiger partial charge is 0.398 e. The minimum Gasteiger partial charge on any atom is -0.398 e. The van der Waals surface area contributed by atoms with Crippen molar-refractivity contribution in [2.45, 2.75) is 13.8 Å². The zero-order valence-corrected chi connectivity index (χ0v) is 11.8. The van der Waals surface area contributed by atoms with Crippen LogP contribution in [0.2, 0.25) is 5.02 Å². The summed E-state index contributed by atoms with van der Waals surface area (Å²) in [6, 6.07) is 4.65. The number of nitrogen functional groups attached to an aromatic ring is 1. The maximum atomic E-state index is 11.9. The Balaban J connectivity index is 2.65. The molecule has 0 aromatic heterocycles. The van der Waals surface area contributed by atoms with Crippen molar-refractivity contribution in [2.75, 3.05) is 25.4 Å². The van der Waals surface area contributed by atoms with Gasteiger partial charge >= 0.3 is 0 Å². The highest BCUT2D eigenvalue weighted by atomic mass is 35.5. The van der Waals surface area contributed by atoms with Crippen LogP contribution in [0.4, 0.5) is 5.69 Å². The third-order valence-corrected chi connectivity index (χ3v) is 3.01. The van der Waals surface area contributed by atoms with Crippen molar-refractivity contribution in [1.29, 1.82) is 0 Å². The van der Waals surface area contributed by atoms with Crippen LogP contribution in [0.15, 0.2) is 18.2 Å². The van der Waals surface area contributed by atoms with Crippen molar-refractivity contribution in [3.8, 4) is 0 Å². The molecule has 0 aliphatic heterocycles. The molecule has 0 saturated heterocycles. The number of halogens is 1. The molecule has 1 aromatic rings. The van der Waals surface area contributed by atoms with Crippen molar-refractivity contribution in [2.24, 2.45) is 0 Å². The van der Waals surface area contributed by atoms with Crippen LogP contribution in [0.25, 0.3) is 0 Å². The van der Waals surface area contributed by atoms with Crippen LogP contribution in [-0.4, -0.2) is 36.3 Å². The number of likely N-dealkylation sites (N-methyl/N-ethyl adjacent to an activating group) is 1. The van der Waals surface area contributed by atoms with Crippen LogP contribution >= 0.6 is 11.6 Å². The quantitative estimate of drug-likeness (QED) is 0.805. The molecular formula is C13H18ClN3O2. The van der Waals surface area contributed by atoms with E-state index in [1.165, 1.54) is 6.07 Å². The fraction of sp³-hybridized carbons (Fsp3) is 0.385. The molecule has 104 valence electrons. The average molecular weight is 284 g/mol. The van der Waals surface area contributed by atoms with E-state index in [1.807, 2.05) is 13.8 Å². The topological polar surface area (TPSA) is 75.4 Å². The summed E-state index contributed by atoms with van der Waals surface area (Å²) < 4.78 is 0. The second-order valence-electron chi connectivity index (χ2n) is 3.98. The predicted molar refractivity (Wildman–Crippen MR) is 76.1 cm³/mol. The molecule has 19 heavy (non-hydrogen) atoms. The van der Waals surface area contributed by atoms with Gasteiger partial charge in [0.05, 0.1) is 12.1 Å². The van der Waals surface area contributed by atoms with Crippen molar-refractivity contribution >= 4 is 29.1 Å². The smallest absolute Gasteiger partial charge is 0.253 e. The van der Waals surface area contributed by atoms with Crippen LogP contribution in [0.1, 0.15) is 24.2 Å². The number of rotatable bonds is 5. The molecule has 3 N–H and O–H groups in total. The number of hydrogen-bond donors (Lipinski definition) is 2. The lowest BCUT2D eigenvalue weighted by molar-refractivity contribution is -0.129. The van der Waals surface area contributed by atoms with E-state index < -0.39 is 5.91 Å². The molecule has 0 radical (unpaired) electrons. The number of hydrogen-bond acceptors (Lipinski definition) is 3. The fourth-order valence-electron chi connectivity index (χ4n) is 1.66. The van der Waals surface area contributed by atoms with Gasteiger partial charge in [-0.05, 0) is 32.0 Å². The lowest BCUT2D eigenvalue weighted by Crippen LogP contribution is -2.40. The van der Waals surface area contributed by atoms with Crippen LogP contribution in [0.3, 0.4) is 0 Å². The van der Waals surface area contributed by atoms with E-state index in [0.29, 0.717) is 23.8 Å². The van der Waals surface area contributed by atoms with Crippen molar-refractivity contribution in [1.82, 2.24) is 10.2 Å². The maximum absolute atomic E-state index is 11.9. The molecule has 1 rings (SSSR count). The molecular weight excluding hydrogens is 266 g/mol. The number of carbonyl (C=O) groups excluding carboxylic acids is 2. The number of nitrogens with zero attached hydrogens (tertiary/aromatic N) is 1. The van der Waals surface area contributed by atoms with E-state index in [9.17, 15) is 9.59 Å². The molecule has 6 heteroatoms. The zero-order chi connectivity index (χ0) is 14.4. The maximum Gasteiger partial charge on any atom is 0.253 e. The standard InChI is InChI=1S/C13H18ClN3O2/c1-3-17(4-2)12(18)8-16-13(19)10-7-9(14)5-6-11(10)15/h5-7H,3-4,8,15H2,1-2H3,(H,16,19). The Labute approximate surface area is 117 Å². The summed E-state index contributed by atoms with van der Waals surface area (Å²) >= 11 is 5.81. The molecule has 0 saturated carbocycles. The van der Waals surface area contributed by atoms with Gasteiger partial charge in [0.15, 0.2) is 0 Å². The number of amides is 2. The Kier molecular flexibility index (Phi) is 5.63. The number of nitrogens with one attached hydrogen (secondary N) is 1. The number of benzene rings is 1. The van der Waals surface area contributed by atoms with E-state index >= 15 is 0 Å². The molecule has 0 unspecified atom stereocenters. The van der Waals surface area contributed by atoms with Gasteiger partial charge in [-0.1, -0.05) is 11.6 Å². The Bertz CT molecular complexity index is 473. The highest BCUT2D eigenvalue weighted by molar-refractivity contribution is 6.31. The molecule has 0 aliphatic rings. The Morgan fingerprint density at radius 3 is 2.53 bits per heavy atom. The summed E-state index contributed by atoms with van der Waals surface area (Å²) in [6.07, 6.45) is 0. The summed E-state index contributed by atoms with van der Waals surface area (Å²) in [5.74, 6) is -0.528. The van der Waals surface area contributed by atoms with E-state index in [0.717, 1.165) is 0 Å². The van der Waals surface area contributed by atoms with Crippen molar-refractivity contribution in [3.05, 3.63) is 28.8 Å². The number of anilines is 1. The SMILES string of the molecule is CCN(CC)C(=O)CNC(=O)c1cc(Cl)ccc1N. The van der Waals surface area contributed by atoms with Crippen LogP contribution in [0, 0.1) is 0 Å². The van der Waals surface area contributed by atoms with Gasteiger partial charge in [-0.3, -0.25) is 9.59 Å². The summed E-state index contributed by atoms with van der Waals surface area (Å²) in [4.78, 5) is 25.3. The molecule has 0 heterocycles. The Morgan fingerprint density at radius 2 is 1.95 bits per heavy atom. The molecule has 0 fully saturated rings. The first-order valence-electron chi connectivity index (χ1n) is 6.10. The predicted octanol–water partition coefficient (Wildman–Crippen LogP) is 1.52. The minimum absolute atomic E-state index is 0.0491. The van der Waals surface area contributed by atoms with Gasteiger partial charge < -0.3 is 16.0 Å². The van der Waals surface area contributed by atoms with Crippen LogP contribution < -0.4 is 11.1 Å². The van der Waals surface area contributed by atoms with Gasteiger partial charge in [0.25, 0.3) is 5.91 Å². The zero-order valence-electron chi connectivity index (χ0n) is 11.1. The first-order chi connectivity index (χ1) is 8.99. The molecule has 2 amide bonds. The van der Waals surface area contributed by atoms with E-state index in [1.54, 1.807) is 17.0 Å². The molecule has 1 aromatic carbocycles. The Morgan fingerprint density at radius 1 is 1.32 bits per heavy atom. The molecule has 0 spiro atoms. The second kappa shape index (κ2) is 6.99. The van der Waals surface area contributed by atoms with Gasteiger partial charge in [-0.2, -0.15) is 0 Å². The van der Waals surface area contributed by atoms with Gasteiger partial charge in [0, 0.05) is 23.8 Å². The van der Waals surface area contributed by atoms with Crippen molar-refractivity contribution in [3.63, 3.8) is 0 Å². The normalized spacial score (nSPS) is 10.1. The third-order valence-electron chi connectivity index (χ3n) is 2.78. The third kappa shape index (κ3) is 4.13. The fourth-order valence-corrected chi connectivity index (χ4v) is 1.84. The van der Waals surface area contributed by atoms with Gasteiger partial charge in [-0.25, -0.2) is 0 Å². The average Bonchev–Trinajstić information content (AvgIpc) is 2.40. The summed E-state index contributed by atoms with van der Waals surface area (Å²) in [5.41, 5.74) is 6.30. The number of carbonyl (C=O) groups is 2. The summed E-state index contributed by atoms with van der Waals surface area (Å²) in [5, 5.41) is 2.97. The first-order valence-corrected chi connectivity index (χ1v) is 6.48. The molecule has 0 atom stereocenters. The summed E-state index contributed by atoms with van der Waals surface area (Å²) in [7, 11) is 0. The highest BCUT2D eigenvalue weighted by Gasteiger charge is 2.14. The van der Waals surface area contributed by atoms with E-state index in [2.05, 4.69) is 5.32 Å². The lowest BCUT2D eigenvalue weighted by Gasteiger charge is -2.18. The second-order valence-corrected chi connectivity index (χ2v) is 4.42. The first kappa shape index (κ1) is 15.3.